The Morgan fingerprint density at radius 3 is 2.67 bits per heavy atom. The van der Waals surface area contributed by atoms with Crippen molar-refractivity contribution in [1.29, 1.82) is 0 Å². The molecule has 132 valence electrons. The third kappa shape index (κ3) is 6.27. The van der Waals surface area contributed by atoms with E-state index in [0.29, 0.717) is 18.1 Å². The van der Waals surface area contributed by atoms with Crippen LogP contribution in [-0.4, -0.2) is 48.3 Å². The highest BCUT2D eigenvalue weighted by atomic mass is 35.5. The van der Waals surface area contributed by atoms with Crippen LogP contribution in [0.15, 0.2) is 30.3 Å². The van der Waals surface area contributed by atoms with Gasteiger partial charge in [-0.25, -0.2) is 0 Å². The second-order valence-electron chi connectivity index (χ2n) is 6.13. The Kier molecular flexibility index (Phi) is 7.76. The second kappa shape index (κ2) is 9.82. The standard InChI is InChI=1S/C19H26ClNO3/c1-2-24-19(23)16-9-12-21(13-10-16)14-11-18(22)8-5-15-3-6-17(20)7-4-15/h3-8,16,18,22H,2,9-14H2,1H3/b8-5+. The van der Waals surface area contributed by atoms with Crippen molar-refractivity contribution < 1.29 is 14.6 Å². The zero-order valence-corrected chi connectivity index (χ0v) is 14.9. The molecule has 24 heavy (non-hydrogen) atoms. The predicted molar refractivity (Wildman–Crippen MR) is 96.9 cm³/mol. The summed E-state index contributed by atoms with van der Waals surface area (Å²) in [5, 5.41) is 10.8. The molecule has 0 radical (unpaired) electrons. The number of carbonyl (C=O) groups is 1. The van der Waals surface area contributed by atoms with Crippen LogP contribution in [-0.2, 0) is 9.53 Å². The smallest absolute Gasteiger partial charge is 0.309 e. The van der Waals surface area contributed by atoms with E-state index in [1.807, 2.05) is 43.3 Å². The van der Waals surface area contributed by atoms with Crippen LogP contribution in [0.25, 0.3) is 6.08 Å². The van der Waals surface area contributed by atoms with E-state index in [9.17, 15) is 9.90 Å². The highest BCUT2D eigenvalue weighted by Crippen LogP contribution is 2.19. The minimum atomic E-state index is -0.469. The number of rotatable bonds is 7. The van der Waals surface area contributed by atoms with Gasteiger partial charge in [0, 0.05) is 11.6 Å². The van der Waals surface area contributed by atoms with Gasteiger partial charge in [-0.05, 0) is 57.0 Å². The summed E-state index contributed by atoms with van der Waals surface area (Å²) in [5.41, 5.74) is 1.02. The molecule has 1 atom stereocenters. The number of halogens is 1. The van der Waals surface area contributed by atoms with Crippen LogP contribution in [0.2, 0.25) is 5.02 Å². The highest BCUT2D eigenvalue weighted by molar-refractivity contribution is 6.30. The highest BCUT2D eigenvalue weighted by Gasteiger charge is 2.25. The van der Waals surface area contributed by atoms with Crippen LogP contribution in [0.3, 0.4) is 0 Å². The van der Waals surface area contributed by atoms with Crippen molar-refractivity contribution in [2.24, 2.45) is 5.92 Å². The van der Waals surface area contributed by atoms with Gasteiger partial charge >= 0.3 is 5.97 Å². The lowest BCUT2D eigenvalue weighted by atomic mass is 9.97. The summed E-state index contributed by atoms with van der Waals surface area (Å²) in [5.74, 6) is -0.0287. The summed E-state index contributed by atoms with van der Waals surface area (Å²) in [6, 6.07) is 7.51. The summed E-state index contributed by atoms with van der Waals surface area (Å²) in [7, 11) is 0. The summed E-state index contributed by atoms with van der Waals surface area (Å²) in [6.45, 7) is 4.90. The number of likely N-dealkylation sites (tertiary alicyclic amines) is 1. The Labute approximate surface area is 149 Å². The first-order valence-corrected chi connectivity index (χ1v) is 8.97. The second-order valence-corrected chi connectivity index (χ2v) is 6.57. The van der Waals surface area contributed by atoms with Gasteiger partial charge in [0.05, 0.1) is 18.6 Å². The third-order valence-electron chi connectivity index (χ3n) is 4.33. The van der Waals surface area contributed by atoms with E-state index in [2.05, 4.69) is 4.90 Å². The van der Waals surface area contributed by atoms with Crippen LogP contribution < -0.4 is 0 Å². The van der Waals surface area contributed by atoms with Crippen molar-refractivity contribution in [2.75, 3.05) is 26.2 Å². The van der Waals surface area contributed by atoms with Gasteiger partial charge in [0.1, 0.15) is 0 Å². The van der Waals surface area contributed by atoms with Crippen LogP contribution in [0.4, 0.5) is 0 Å². The predicted octanol–water partition coefficient (Wildman–Crippen LogP) is 3.38. The number of aliphatic hydroxyl groups excluding tert-OH is 1. The number of esters is 1. The molecule has 1 saturated heterocycles. The number of hydrogen-bond donors (Lipinski definition) is 1. The summed E-state index contributed by atoms with van der Waals surface area (Å²) < 4.78 is 5.08. The molecule has 0 bridgehead atoms. The number of hydrogen-bond acceptors (Lipinski definition) is 4. The molecule has 1 aromatic rings. The van der Waals surface area contributed by atoms with Gasteiger partial charge in [-0.1, -0.05) is 35.9 Å². The lowest BCUT2D eigenvalue weighted by Crippen LogP contribution is -2.38. The lowest BCUT2D eigenvalue weighted by Gasteiger charge is -2.31. The van der Waals surface area contributed by atoms with Gasteiger partial charge in [0.2, 0.25) is 0 Å². The molecule has 0 aromatic heterocycles. The van der Waals surface area contributed by atoms with Crippen LogP contribution in [0.1, 0.15) is 31.7 Å². The van der Waals surface area contributed by atoms with E-state index >= 15 is 0 Å². The van der Waals surface area contributed by atoms with Crippen molar-refractivity contribution in [3.8, 4) is 0 Å². The Morgan fingerprint density at radius 1 is 1.38 bits per heavy atom. The van der Waals surface area contributed by atoms with E-state index in [0.717, 1.165) is 38.0 Å². The molecule has 1 aliphatic heterocycles. The molecular weight excluding hydrogens is 326 g/mol. The van der Waals surface area contributed by atoms with Gasteiger partial charge in [0.15, 0.2) is 0 Å². The number of ether oxygens (including phenoxy) is 1. The molecule has 5 heteroatoms. The van der Waals surface area contributed by atoms with Crippen molar-refractivity contribution in [3.63, 3.8) is 0 Å². The number of benzene rings is 1. The van der Waals surface area contributed by atoms with Gasteiger partial charge in [-0.3, -0.25) is 4.79 Å². The average Bonchev–Trinajstić information content (AvgIpc) is 2.60. The first-order valence-electron chi connectivity index (χ1n) is 8.59. The fourth-order valence-corrected chi connectivity index (χ4v) is 2.99. The summed E-state index contributed by atoms with van der Waals surface area (Å²) >= 11 is 5.85. The maximum absolute atomic E-state index is 11.7. The lowest BCUT2D eigenvalue weighted by molar-refractivity contribution is -0.149. The average molecular weight is 352 g/mol. The van der Waals surface area contributed by atoms with Crippen molar-refractivity contribution in [1.82, 2.24) is 4.90 Å². The molecular formula is C19H26ClNO3. The zero-order chi connectivity index (χ0) is 17.4. The molecule has 4 nitrogen and oxygen atoms in total. The maximum atomic E-state index is 11.7. The SMILES string of the molecule is CCOC(=O)C1CCN(CCC(O)/C=C/c2ccc(Cl)cc2)CC1. The van der Waals surface area contributed by atoms with Gasteiger partial charge in [0.25, 0.3) is 0 Å². The quantitative estimate of drug-likeness (QED) is 0.765. The van der Waals surface area contributed by atoms with E-state index in [-0.39, 0.29) is 11.9 Å². The number of carbonyl (C=O) groups excluding carboxylic acids is 1. The fraction of sp³-hybridized carbons (Fsp3) is 0.526. The molecule has 1 aromatic carbocycles. The minimum Gasteiger partial charge on any atom is -0.466 e. The molecule has 0 aliphatic carbocycles. The minimum absolute atomic E-state index is 0.0379. The largest absolute Gasteiger partial charge is 0.466 e. The molecule has 1 N–H and O–H groups in total. The van der Waals surface area contributed by atoms with Crippen molar-refractivity contribution >= 4 is 23.6 Å². The normalized spacial score (nSPS) is 18.0. The molecule has 0 saturated carbocycles. The van der Waals surface area contributed by atoms with E-state index in [4.69, 9.17) is 16.3 Å². The van der Waals surface area contributed by atoms with Crippen LogP contribution in [0, 0.1) is 5.92 Å². The van der Waals surface area contributed by atoms with Gasteiger partial charge in [-0.2, -0.15) is 0 Å². The van der Waals surface area contributed by atoms with Crippen LogP contribution in [0.5, 0.6) is 0 Å². The maximum Gasteiger partial charge on any atom is 0.309 e. The number of piperidine rings is 1. The van der Waals surface area contributed by atoms with E-state index < -0.39 is 6.10 Å². The molecule has 0 spiro atoms. The van der Waals surface area contributed by atoms with E-state index in [1.165, 1.54) is 0 Å². The first kappa shape index (κ1) is 19.0. The Balaban J connectivity index is 1.68. The third-order valence-corrected chi connectivity index (χ3v) is 4.58. The van der Waals surface area contributed by atoms with Crippen molar-refractivity contribution in [3.05, 3.63) is 40.9 Å². The molecule has 0 amide bonds. The fourth-order valence-electron chi connectivity index (χ4n) is 2.86. The topological polar surface area (TPSA) is 49.8 Å². The molecule has 1 fully saturated rings. The Morgan fingerprint density at radius 2 is 2.04 bits per heavy atom. The molecule has 2 rings (SSSR count). The van der Waals surface area contributed by atoms with Crippen molar-refractivity contribution in [2.45, 2.75) is 32.3 Å². The monoisotopic (exact) mass is 351 g/mol. The molecule has 1 heterocycles. The Bertz CT molecular complexity index is 536. The first-order chi connectivity index (χ1) is 11.6. The molecule has 1 unspecified atom stereocenters. The van der Waals surface area contributed by atoms with E-state index in [1.54, 1.807) is 0 Å². The van der Waals surface area contributed by atoms with Gasteiger partial charge in [-0.15, -0.1) is 0 Å². The summed E-state index contributed by atoms with van der Waals surface area (Å²) in [6.07, 6.45) is 5.63. The molecule has 1 aliphatic rings. The summed E-state index contributed by atoms with van der Waals surface area (Å²) in [4.78, 5) is 14.0. The number of nitrogens with zero attached hydrogens (tertiary/aromatic N) is 1. The van der Waals surface area contributed by atoms with Crippen LogP contribution >= 0.6 is 11.6 Å². The number of aliphatic hydroxyl groups is 1. The Hall–Kier alpha value is -1.36. The zero-order valence-electron chi connectivity index (χ0n) is 14.2. The van der Waals surface area contributed by atoms with Gasteiger partial charge < -0.3 is 14.7 Å².